The number of ether oxygens (including phenoxy) is 3. The fourth-order valence-corrected chi connectivity index (χ4v) is 6.90. The molecule has 13 nitrogen and oxygen atoms in total. The Hall–Kier alpha value is -4.43. The summed E-state index contributed by atoms with van der Waals surface area (Å²) in [6.07, 6.45) is -1.14. The average molecular weight is 1170 g/mol. The van der Waals surface area contributed by atoms with Crippen LogP contribution in [0, 0.1) is 52.4 Å². The Balaban J connectivity index is 0.000000333. The average Bonchev–Trinajstić information content (AvgIpc) is 3.27. The van der Waals surface area contributed by atoms with Crippen molar-refractivity contribution < 1.29 is 68.1 Å². The fourth-order valence-electron chi connectivity index (χ4n) is 6.21. The van der Waals surface area contributed by atoms with E-state index in [1.54, 1.807) is 46.4 Å². The zero-order valence-corrected chi connectivity index (χ0v) is 44.8. The number of thiol groups is 1. The standard InChI is InChI=1S/C15H18BrF3N2O2.C15H19F3N2O2.C9H18N2O2.C6H2BrF3.BHNS/c1-15(2,3)23-14(22)21-6-4-20(5-7-21)13-10(17)8-9(16)11(18)12(13)19;1-15(2,3)22-14(21)20-8-6-19(7-9-20)13-11(17)5-4-10(16)12(13)18;1-9(2,3)13-8(12)11-6-4-10-5-7-11;7-5-3(8)1-2-4(9)6(5)10;1-2-3/h8H,4-7H2,1-3H3;4-5H,6-9H2,1-3H3;10H,4-7H2,1-3H3;1-2H;3H. The SMILES string of the molecule is CC(C)(C)OC(=O)N1CCN(c2c(F)cc(Br)c(F)c2F)CC1.CC(C)(C)OC(=O)N1CCN(c2c(F)ccc(F)c2F)CC1.CC(C)(C)OC(=O)N1CCNCC1.Fc1ccc(F)c(Br)c1F.[B]=NS. The van der Waals surface area contributed by atoms with Crippen LogP contribution < -0.4 is 15.1 Å². The van der Waals surface area contributed by atoms with E-state index in [0.29, 0.717) is 0 Å². The Bertz CT molecular complexity index is 2250. The van der Waals surface area contributed by atoms with Gasteiger partial charge in [-0.1, -0.05) is 0 Å². The molecular formula is C45H58BBr2F9N7O6S. The number of nitrogens with one attached hydrogen (secondary N) is 1. The Morgan fingerprint density at radius 1 is 0.521 bits per heavy atom. The number of hydrogen-bond acceptors (Lipinski definition) is 11. The molecule has 0 spiro atoms. The van der Waals surface area contributed by atoms with Crippen LogP contribution in [-0.2, 0) is 14.2 Å². The van der Waals surface area contributed by atoms with Gasteiger partial charge in [0.05, 0.1) is 8.95 Å². The number of hydrogen-bond donors (Lipinski definition) is 2. The van der Waals surface area contributed by atoms with Crippen LogP contribution in [0.3, 0.4) is 0 Å². The zero-order valence-electron chi connectivity index (χ0n) is 40.7. The van der Waals surface area contributed by atoms with Crippen LogP contribution in [0.2, 0.25) is 0 Å². The van der Waals surface area contributed by atoms with Gasteiger partial charge < -0.3 is 44.0 Å². The summed E-state index contributed by atoms with van der Waals surface area (Å²) in [6.45, 7) is 21.2. The van der Waals surface area contributed by atoms with Gasteiger partial charge in [-0.15, -0.1) is 0 Å². The summed E-state index contributed by atoms with van der Waals surface area (Å²) >= 11 is 8.50. The van der Waals surface area contributed by atoms with E-state index in [1.807, 2.05) is 20.8 Å². The molecule has 0 aliphatic carbocycles. The Morgan fingerprint density at radius 3 is 1.21 bits per heavy atom. The number of rotatable bonds is 2. The first-order valence-electron chi connectivity index (χ1n) is 21.8. The van der Waals surface area contributed by atoms with E-state index in [9.17, 15) is 53.9 Å². The van der Waals surface area contributed by atoms with E-state index < -0.39 is 85.9 Å². The second-order valence-electron chi connectivity index (χ2n) is 18.4. The predicted octanol–water partition coefficient (Wildman–Crippen LogP) is 11.0. The monoisotopic (exact) mass is 1160 g/mol. The van der Waals surface area contributed by atoms with Crippen molar-refractivity contribution in [3.05, 3.63) is 91.6 Å². The van der Waals surface area contributed by atoms with Gasteiger partial charge in [0.1, 0.15) is 39.8 Å². The Kier molecular flexibility index (Phi) is 24.8. The first kappa shape index (κ1) is 62.7. The number of halogens is 11. The van der Waals surface area contributed by atoms with Crippen molar-refractivity contribution in [2.24, 2.45) is 4.30 Å². The van der Waals surface area contributed by atoms with Crippen LogP contribution in [0.25, 0.3) is 0 Å². The summed E-state index contributed by atoms with van der Waals surface area (Å²) in [4.78, 5) is 42.8. The Morgan fingerprint density at radius 2 is 0.845 bits per heavy atom. The molecule has 0 bridgehead atoms. The van der Waals surface area contributed by atoms with Crippen LogP contribution in [0.4, 0.5) is 65.3 Å². The first-order valence-corrected chi connectivity index (χ1v) is 23.7. The summed E-state index contributed by atoms with van der Waals surface area (Å²) in [6, 6.07) is 4.13. The molecule has 1 radical (unpaired) electrons. The molecule has 0 unspecified atom stereocenters. The summed E-state index contributed by atoms with van der Waals surface area (Å²) in [7, 11) is 4.34. The van der Waals surface area contributed by atoms with Gasteiger partial charge in [0.25, 0.3) is 0 Å². The molecule has 0 aromatic heterocycles. The molecule has 6 rings (SSSR count). The third-order valence-corrected chi connectivity index (χ3v) is 10.7. The molecule has 1 N–H and O–H groups in total. The molecule has 3 aliphatic rings. The van der Waals surface area contributed by atoms with Crippen molar-refractivity contribution in [3.63, 3.8) is 0 Å². The second-order valence-corrected chi connectivity index (χ2v) is 20.3. The quantitative estimate of drug-likeness (QED) is 0.0646. The molecular weight excluding hydrogens is 1110 g/mol. The van der Waals surface area contributed by atoms with Gasteiger partial charge in [-0.05, 0) is 125 Å². The molecule has 26 heteroatoms. The molecule has 3 fully saturated rings. The number of amides is 3. The minimum absolute atomic E-state index is 0.189. The molecule has 0 saturated carbocycles. The summed E-state index contributed by atoms with van der Waals surface area (Å²) in [5.74, 6) is -9.38. The van der Waals surface area contributed by atoms with E-state index in [1.165, 1.54) is 19.6 Å². The van der Waals surface area contributed by atoms with Crippen molar-refractivity contribution >= 4 is 82.0 Å². The number of benzene rings is 3. The number of anilines is 2. The van der Waals surface area contributed by atoms with E-state index in [2.05, 4.69) is 61.9 Å². The molecule has 71 heavy (non-hydrogen) atoms. The minimum atomic E-state index is -1.23. The summed E-state index contributed by atoms with van der Waals surface area (Å²) < 4.78 is 137. The van der Waals surface area contributed by atoms with Gasteiger partial charge in [0.15, 0.2) is 40.7 Å². The van der Waals surface area contributed by atoms with Crippen LogP contribution in [0.5, 0.6) is 0 Å². The zero-order chi connectivity index (χ0) is 54.2. The van der Waals surface area contributed by atoms with E-state index in [4.69, 9.17) is 14.2 Å². The van der Waals surface area contributed by atoms with Gasteiger partial charge in [-0.2, -0.15) is 0 Å². The number of piperazine rings is 3. The van der Waals surface area contributed by atoms with Crippen molar-refractivity contribution in [2.75, 3.05) is 88.3 Å². The van der Waals surface area contributed by atoms with Gasteiger partial charge in [0.2, 0.25) is 0 Å². The van der Waals surface area contributed by atoms with Gasteiger partial charge in [-0.3, -0.25) is 0 Å². The van der Waals surface area contributed by atoms with Crippen LogP contribution in [0.1, 0.15) is 62.3 Å². The van der Waals surface area contributed by atoms with Gasteiger partial charge in [-0.25, -0.2) is 53.9 Å². The molecule has 3 amide bonds. The molecule has 0 atom stereocenters. The molecule has 3 aromatic carbocycles. The predicted molar refractivity (Wildman–Crippen MR) is 262 cm³/mol. The number of carbonyl (C=O) groups is 3. The van der Waals surface area contributed by atoms with E-state index in [-0.39, 0.29) is 74.2 Å². The van der Waals surface area contributed by atoms with Crippen molar-refractivity contribution in [1.82, 2.24) is 20.0 Å². The fraction of sp³-hybridized carbons (Fsp3) is 0.533. The van der Waals surface area contributed by atoms with E-state index >= 15 is 0 Å². The van der Waals surface area contributed by atoms with Crippen molar-refractivity contribution in [2.45, 2.75) is 79.1 Å². The summed E-state index contributed by atoms with van der Waals surface area (Å²) in [5, 5.41) is 3.18. The van der Waals surface area contributed by atoms with Crippen LogP contribution >= 0.6 is 44.7 Å². The molecule has 3 aromatic rings. The Labute approximate surface area is 431 Å². The third kappa shape index (κ3) is 20.9. The molecule has 3 heterocycles. The first-order chi connectivity index (χ1) is 32.8. The maximum atomic E-state index is 14.0. The van der Waals surface area contributed by atoms with Crippen LogP contribution in [-0.4, -0.2) is 136 Å². The maximum absolute atomic E-state index is 14.0. The number of carbonyl (C=O) groups excluding carboxylic acids is 3. The van der Waals surface area contributed by atoms with E-state index in [0.717, 1.165) is 56.5 Å². The topological polar surface area (TPSA) is 119 Å². The van der Waals surface area contributed by atoms with Crippen molar-refractivity contribution in [3.8, 4) is 0 Å². The number of nitrogens with zero attached hydrogens (tertiary/aromatic N) is 6. The van der Waals surface area contributed by atoms with Gasteiger partial charge in [0, 0.05) is 78.5 Å². The normalized spacial score (nSPS) is 15.0. The molecule has 3 aliphatic heterocycles. The molecule has 395 valence electrons. The van der Waals surface area contributed by atoms with Crippen LogP contribution in [0.15, 0.2) is 43.6 Å². The summed E-state index contributed by atoms with van der Waals surface area (Å²) in [5.41, 5.74) is -2.39. The third-order valence-electron chi connectivity index (χ3n) is 9.36. The van der Waals surface area contributed by atoms with Crippen molar-refractivity contribution in [1.29, 1.82) is 0 Å². The van der Waals surface area contributed by atoms with Gasteiger partial charge >= 0.3 is 43.0 Å². The molecule has 3 saturated heterocycles. The second kappa shape index (κ2) is 28.1.